The van der Waals surface area contributed by atoms with E-state index in [2.05, 4.69) is 9.97 Å². The van der Waals surface area contributed by atoms with Gasteiger partial charge in [0.05, 0.1) is 19.3 Å². The van der Waals surface area contributed by atoms with Crippen molar-refractivity contribution in [3.63, 3.8) is 0 Å². The van der Waals surface area contributed by atoms with Gasteiger partial charge in [-0.1, -0.05) is 11.3 Å². The van der Waals surface area contributed by atoms with Crippen molar-refractivity contribution in [1.29, 1.82) is 0 Å². The van der Waals surface area contributed by atoms with Gasteiger partial charge in [0.2, 0.25) is 11.8 Å². The Morgan fingerprint density at radius 1 is 1.29 bits per heavy atom. The Morgan fingerprint density at radius 3 is 2.58 bits per heavy atom. The Morgan fingerprint density at radius 2 is 2.00 bits per heavy atom. The van der Waals surface area contributed by atoms with E-state index in [1.807, 2.05) is 13.8 Å². The summed E-state index contributed by atoms with van der Waals surface area (Å²) in [5.74, 6) is 0.154. The number of rotatable bonds is 8. The molecule has 134 valence electrons. The fraction of sp³-hybridized carbons (Fsp3) is 0.615. The molecule has 0 unspecified atom stereocenters. The van der Waals surface area contributed by atoms with E-state index in [9.17, 15) is 15.0 Å². The van der Waals surface area contributed by atoms with Crippen LogP contribution in [-0.2, 0) is 11.5 Å². The van der Waals surface area contributed by atoms with E-state index in [0.717, 1.165) is 11.3 Å². The zero-order valence-electron chi connectivity index (χ0n) is 13.2. The van der Waals surface area contributed by atoms with Crippen LogP contribution >= 0.6 is 11.3 Å². The van der Waals surface area contributed by atoms with E-state index in [4.69, 9.17) is 20.3 Å². The maximum atomic E-state index is 12.2. The summed E-state index contributed by atoms with van der Waals surface area (Å²) < 4.78 is 12.5. The van der Waals surface area contributed by atoms with Crippen LogP contribution in [0.5, 0.6) is 5.88 Å². The molecule has 2 heterocycles. The molecule has 0 fully saturated rings. The smallest absolute Gasteiger partial charge is 0.311 e. The summed E-state index contributed by atoms with van der Waals surface area (Å²) in [5.41, 5.74) is 5.90. The van der Waals surface area contributed by atoms with Gasteiger partial charge >= 0.3 is 4.87 Å². The van der Waals surface area contributed by atoms with Crippen molar-refractivity contribution in [3.05, 3.63) is 9.67 Å². The monoisotopic (exact) mass is 360 g/mol. The second-order valence-corrected chi connectivity index (χ2v) is 6.23. The van der Waals surface area contributed by atoms with Crippen LogP contribution in [0.1, 0.15) is 13.8 Å². The number of hydrogen-bond acceptors (Lipinski definition) is 10. The van der Waals surface area contributed by atoms with E-state index < -0.39 is 25.4 Å². The fourth-order valence-electron chi connectivity index (χ4n) is 1.93. The van der Waals surface area contributed by atoms with Crippen LogP contribution in [0, 0.1) is 0 Å². The molecule has 2 aromatic heterocycles. The summed E-state index contributed by atoms with van der Waals surface area (Å²) in [7, 11) is 0. The van der Waals surface area contributed by atoms with Crippen molar-refractivity contribution in [2.45, 2.75) is 38.9 Å². The number of thiazole rings is 1. The van der Waals surface area contributed by atoms with Crippen molar-refractivity contribution in [2.75, 3.05) is 18.9 Å². The Kier molecular flexibility index (Phi) is 6.07. The largest absolute Gasteiger partial charge is 0.474 e. The highest BCUT2D eigenvalue weighted by atomic mass is 32.1. The van der Waals surface area contributed by atoms with Crippen LogP contribution in [0.2, 0.25) is 0 Å². The number of ether oxygens (including phenoxy) is 2. The number of nitrogens with zero attached hydrogens (tertiary/aromatic N) is 3. The summed E-state index contributed by atoms with van der Waals surface area (Å²) in [6, 6.07) is 0. The zero-order chi connectivity index (χ0) is 17.9. The molecule has 24 heavy (non-hydrogen) atoms. The first-order valence-corrected chi connectivity index (χ1v) is 8.03. The molecule has 0 radical (unpaired) electrons. The third-order valence-corrected chi connectivity index (χ3v) is 4.02. The predicted molar refractivity (Wildman–Crippen MR) is 86.9 cm³/mol. The van der Waals surface area contributed by atoms with Gasteiger partial charge in [-0.2, -0.15) is 9.97 Å². The Hall–Kier alpha value is -1.79. The molecule has 0 aliphatic rings. The topological polar surface area (TPSA) is 153 Å². The van der Waals surface area contributed by atoms with Gasteiger partial charge in [0, 0.05) is 0 Å². The van der Waals surface area contributed by atoms with E-state index in [1.165, 1.54) is 4.57 Å². The number of anilines is 1. The summed E-state index contributed by atoms with van der Waals surface area (Å²) in [4.78, 5) is 19.8. The minimum absolute atomic E-state index is 0.0567. The number of aliphatic hydroxyl groups is 3. The number of aliphatic hydroxyl groups excluding tert-OH is 3. The number of fused-ring (bicyclic) bond motifs is 1. The molecule has 10 nitrogen and oxygen atoms in total. The zero-order valence-corrected chi connectivity index (χ0v) is 14.1. The number of aromatic nitrogens is 3. The minimum atomic E-state index is -1.27. The normalized spacial score (nSPS) is 14.2. The molecular weight excluding hydrogens is 340 g/mol. The van der Waals surface area contributed by atoms with Crippen LogP contribution in [0.15, 0.2) is 4.79 Å². The number of nitrogens with two attached hydrogens (primary N) is 1. The molecule has 0 saturated carbocycles. The second kappa shape index (κ2) is 7.85. The molecule has 0 saturated heterocycles. The van der Waals surface area contributed by atoms with Crippen LogP contribution in [-0.4, -0.2) is 61.4 Å². The fourth-order valence-corrected chi connectivity index (χ4v) is 2.78. The van der Waals surface area contributed by atoms with E-state index >= 15 is 0 Å². The van der Waals surface area contributed by atoms with Crippen molar-refractivity contribution in [1.82, 2.24) is 14.5 Å². The first kappa shape index (κ1) is 18.5. The van der Waals surface area contributed by atoms with Crippen LogP contribution in [0.4, 0.5) is 5.95 Å². The third-order valence-electron chi connectivity index (χ3n) is 3.06. The summed E-state index contributed by atoms with van der Waals surface area (Å²) in [6.07, 6.45) is -2.47. The van der Waals surface area contributed by atoms with Gasteiger partial charge in [-0.3, -0.25) is 9.36 Å². The summed E-state index contributed by atoms with van der Waals surface area (Å²) in [5, 5.41) is 27.6. The lowest BCUT2D eigenvalue weighted by Crippen LogP contribution is -2.36. The SMILES string of the molecule is CC(C)Oc1nc(N)nc2c1sc(=O)n2CO[C@H](CO)[C@@H](O)CO. The predicted octanol–water partition coefficient (Wildman–Crippen LogP) is -1.09. The van der Waals surface area contributed by atoms with Gasteiger partial charge < -0.3 is 30.5 Å². The van der Waals surface area contributed by atoms with E-state index in [1.54, 1.807) is 0 Å². The number of hydrogen-bond donors (Lipinski definition) is 4. The lowest BCUT2D eigenvalue weighted by Gasteiger charge is -2.19. The van der Waals surface area contributed by atoms with Gasteiger partial charge in [0.1, 0.15) is 23.6 Å². The molecule has 0 aliphatic heterocycles. The highest BCUT2D eigenvalue weighted by Crippen LogP contribution is 2.27. The van der Waals surface area contributed by atoms with Crippen molar-refractivity contribution < 1.29 is 24.8 Å². The molecule has 2 atom stereocenters. The average Bonchev–Trinajstić information content (AvgIpc) is 2.83. The Bertz CT molecular complexity index is 746. The first-order chi connectivity index (χ1) is 11.4. The highest BCUT2D eigenvalue weighted by molar-refractivity contribution is 7.16. The minimum Gasteiger partial charge on any atom is -0.474 e. The maximum absolute atomic E-state index is 12.2. The van der Waals surface area contributed by atoms with Gasteiger partial charge in [-0.05, 0) is 13.8 Å². The van der Waals surface area contributed by atoms with Crippen molar-refractivity contribution in [2.24, 2.45) is 0 Å². The molecule has 0 aliphatic carbocycles. The molecule has 0 amide bonds. The standard InChI is InChI=1S/C13H20N4O6S/c1-6(2)23-11-9-10(15-12(14)16-11)17(13(21)24-9)5-22-8(4-19)7(20)3-18/h6-8,18-20H,3-5H2,1-2H3,(H2,14,15,16)/t7-,8+/m0/s1. The number of nitrogen functional groups attached to an aromatic ring is 1. The first-order valence-electron chi connectivity index (χ1n) is 7.22. The molecule has 0 bridgehead atoms. The molecular formula is C13H20N4O6S. The van der Waals surface area contributed by atoms with Gasteiger partial charge in [-0.15, -0.1) is 0 Å². The molecule has 2 aromatic rings. The lowest BCUT2D eigenvalue weighted by molar-refractivity contribution is -0.100. The second-order valence-electron chi connectivity index (χ2n) is 5.27. The van der Waals surface area contributed by atoms with Crippen molar-refractivity contribution >= 4 is 27.6 Å². The highest BCUT2D eigenvalue weighted by Gasteiger charge is 2.21. The van der Waals surface area contributed by atoms with Crippen molar-refractivity contribution in [3.8, 4) is 5.88 Å². The lowest BCUT2D eigenvalue weighted by atomic mass is 10.2. The van der Waals surface area contributed by atoms with Gasteiger partial charge in [0.15, 0.2) is 5.65 Å². The Balaban J connectivity index is 2.35. The molecule has 2 rings (SSSR count). The van der Waals surface area contributed by atoms with E-state index in [0.29, 0.717) is 4.70 Å². The Labute approximate surface area is 141 Å². The van der Waals surface area contributed by atoms with Gasteiger partial charge in [0.25, 0.3) is 0 Å². The molecule has 11 heteroatoms. The average molecular weight is 360 g/mol. The third kappa shape index (κ3) is 3.99. The summed E-state index contributed by atoms with van der Waals surface area (Å²) in [6.45, 7) is 2.26. The molecule has 5 N–H and O–H groups in total. The maximum Gasteiger partial charge on any atom is 0.311 e. The molecule has 0 aromatic carbocycles. The van der Waals surface area contributed by atoms with E-state index in [-0.39, 0.29) is 35.2 Å². The van der Waals surface area contributed by atoms with Crippen LogP contribution in [0.3, 0.4) is 0 Å². The van der Waals surface area contributed by atoms with Crippen LogP contribution < -0.4 is 15.3 Å². The molecule has 0 spiro atoms. The quantitative estimate of drug-likeness (QED) is 0.460. The van der Waals surface area contributed by atoms with Crippen LogP contribution in [0.25, 0.3) is 10.3 Å². The van der Waals surface area contributed by atoms with Gasteiger partial charge in [-0.25, -0.2) is 0 Å². The summed E-state index contributed by atoms with van der Waals surface area (Å²) >= 11 is 0.877.